The van der Waals surface area contributed by atoms with Gasteiger partial charge in [0, 0.05) is 14.1 Å². The summed E-state index contributed by atoms with van der Waals surface area (Å²) in [7, 11) is 3.70. The molecule has 3 nitrogen and oxygen atoms in total. The van der Waals surface area contributed by atoms with Gasteiger partial charge in [-0.2, -0.15) is 0 Å². The first-order valence-electron chi connectivity index (χ1n) is 6.25. The van der Waals surface area contributed by atoms with Crippen molar-refractivity contribution in [3.8, 4) is 0 Å². The molecule has 1 amide bonds. The highest BCUT2D eigenvalue weighted by Crippen LogP contribution is 2.17. The minimum atomic E-state index is -0.285. The molecule has 0 bridgehead atoms. The van der Waals surface area contributed by atoms with Crippen molar-refractivity contribution >= 4 is 34.2 Å². The number of carbonyl (C=O) groups excluding carboxylic acids is 1. The molecule has 0 aliphatic heterocycles. The number of nitrogens with zero attached hydrogens (tertiary/aromatic N) is 1. The predicted octanol–water partition coefficient (Wildman–Crippen LogP) is 2.97. The molecule has 1 rings (SSSR count). The number of carbonyl (C=O) groups is 1. The van der Waals surface area contributed by atoms with Gasteiger partial charge >= 0.3 is 0 Å². The van der Waals surface area contributed by atoms with E-state index in [2.05, 4.69) is 5.32 Å². The number of halogens is 1. The van der Waals surface area contributed by atoms with Crippen LogP contribution in [-0.2, 0) is 4.79 Å². The fourth-order valence-corrected chi connectivity index (χ4v) is 2.60. The molecule has 2 unspecified atom stereocenters. The van der Waals surface area contributed by atoms with Crippen LogP contribution >= 0.6 is 24.0 Å². The third kappa shape index (κ3) is 5.09. The smallest absolute Gasteiger partial charge is 0.233 e. The summed E-state index contributed by atoms with van der Waals surface area (Å²) in [5.74, 6) is -0.372. The third-order valence-corrected chi connectivity index (χ3v) is 4.53. The SMILES string of the molecule is CC(SC(=S)N(C)C)C(=O)NC(C)c1ccc(F)cc1. The van der Waals surface area contributed by atoms with Gasteiger partial charge in [0.2, 0.25) is 5.91 Å². The number of thioether (sulfide) groups is 1. The van der Waals surface area contributed by atoms with Crippen molar-refractivity contribution in [1.29, 1.82) is 0 Å². The van der Waals surface area contributed by atoms with Crippen LogP contribution in [0, 0.1) is 5.82 Å². The quantitative estimate of drug-likeness (QED) is 0.866. The average molecular weight is 314 g/mol. The standard InChI is InChI=1S/C14H19FN2OS2/c1-9(11-5-7-12(15)8-6-11)16-13(18)10(2)20-14(19)17(3)4/h5-10H,1-4H3,(H,16,18). The Labute approximate surface area is 128 Å². The van der Waals surface area contributed by atoms with Crippen LogP contribution < -0.4 is 5.32 Å². The molecule has 0 aliphatic rings. The number of rotatable bonds is 4. The van der Waals surface area contributed by atoms with E-state index >= 15 is 0 Å². The molecule has 0 saturated carbocycles. The van der Waals surface area contributed by atoms with E-state index in [-0.39, 0.29) is 23.0 Å². The lowest BCUT2D eigenvalue weighted by atomic mass is 10.1. The Morgan fingerprint density at radius 1 is 1.30 bits per heavy atom. The van der Waals surface area contributed by atoms with E-state index in [1.54, 1.807) is 17.0 Å². The lowest BCUT2D eigenvalue weighted by Crippen LogP contribution is -2.34. The topological polar surface area (TPSA) is 32.3 Å². The summed E-state index contributed by atoms with van der Waals surface area (Å²) in [6, 6.07) is 5.94. The van der Waals surface area contributed by atoms with Crippen molar-refractivity contribution < 1.29 is 9.18 Å². The highest BCUT2D eigenvalue weighted by Gasteiger charge is 2.19. The Morgan fingerprint density at radius 3 is 2.35 bits per heavy atom. The summed E-state index contributed by atoms with van der Waals surface area (Å²) in [5.41, 5.74) is 0.868. The summed E-state index contributed by atoms with van der Waals surface area (Å²) in [6.07, 6.45) is 0. The molecule has 0 heterocycles. The van der Waals surface area contributed by atoms with Gasteiger partial charge in [-0.25, -0.2) is 4.39 Å². The molecule has 6 heteroatoms. The van der Waals surface area contributed by atoms with Gasteiger partial charge < -0.3 is 10.2 Å². The van der Waals surface area contributed by atoms with E-state index in [0.29, 0.717) is 4.32 Å². The van der Waals surface area contributed by atoms with E-state index in [1.165, 1.54) is 23.9 Å². The molecule has 0 aromatic heterocycles. The molecule has 1 N–H and O–H groups in total. The van der Waals surface area contributed by atoms with Gasteiger partial charge in [0.1, 0.15) is 10.1 Å². The molecule has 0 saturated heterocycles. The van der Waals surface area contributed by atoms with Gasteiger partial charge in [0.15, 0.2) is 0 Å². The van der Waals surface area contributed by atoms with Crippen LogP contribution in [0.25, 0.3) is 0 Å². The highest BCUT2D eigenvalue weighted by molar-refractivity contribution is 8.23. The largest absolute Gasteiger partial charge is 0.364 e. The van der Waals surface area contributed by atoms with Crippen molar-refractivity contribution in [3.05, 3.63) is 35.6 Å². The molecule has 0 aliphatic carbocycles. The second-order valence-corrected chi connectivity index (χ2v) is 6.68. The van der Waals surface area contributed by atoms with Gasteiger partial charge in [0.25, 0.3) is 0 Å². The van der Waals surface area contributed by atoms with Gasteiger partial charge in [-0.15, -0.1) is 0 Å². The number of hydrogen-bond acceptors (Lipinski definition) is 3. The van der Waals surface area contributed by atoms with Crippen LogP contribution in [0.15, 0.2) is 24.3 Å². The van der Waals surface area contributed by atoms with Crippen molar-refractivity contribution in [2.75, 3.05) is 14.1 Å². The van der Waals surface area contributed by atoms with Crippen LogP contribution in [0.1, 0.15) is 25.5 Å². The van der Waals surface area contributed by atoms with Gasteiger partial charge in [-0.3, -0.25) is 4.79 Å². The zero-order chi connectivity index (χ0) is 15.3. The van der Waals surface area contributed by atoms with Crippen molar-refractivity contribution in [2.45, 2.75) is 25.1 Å². The van der Waals surface area contributed by atoms with E-state index < -0.39 is 0 Å². The zero-order valence-corrected chi connectivity index (χ0v) is 13.6. The van der Waals surface area contributed by atoms with E-state index in [4.69, 9.17) is 12.2 Å². The maximum atomic E-state index is 12.9. The minimum absolute atomic E-state index is 0.0870. The molecule has 1 aromatic carbocycles. The molecule has 1 aromatic rings. The zero-order valence-electron chi connectivity index (χ0n) is 12.0. The summed E-state index contributed by atoms with van der Waals surface area (Å²) in [5, 5.41) is 2.63. The predicted molar refractivity (Wildman–Crippen MR) is 86.3 cm³/mol. The first-order valence-corrected chi connectivity index (χ1v) is 7.54. The lowest BCUT2D eigenvalue weighted by Gasteiger charge is -2.20. The second kappa shape index (κ2) is 7.59. The van der Waals surface area contributed by atoms with Crippen LogP contribution in [-0.4, -0.2) is 34.5 Å². The van der Waals surface area contributed by atoms with E-state index in [1.807, 2.05) is 27.9 Å². The lowest BCUT2D eigenvalue weighted by molar-refractivity contribution is -0.120. The molecular weight excluding hydrogens is 295 g/mol. The van der Waals surface area contributed by atoms with Crippen LogP contribution in [0.4, 0.5) is 4.39 Å². The Kier molecular flexibility index (Phi) is 6.42. The van der Waals surface area contributed by atoms with Crippen molar-refractivity contribution in [3.63, 3.8) is 0 Å². The van der Waals surface area contributed by atoms with Crippen molar-refractivity contribution in [2.24, 2.45) is 0 Å². The summed E-state index contributed by atoms with van der Waals surface area (Å²) >= 11 is 6.50. The van der Waals surface area contributed by atoms with E-state index in [0.717, 1.165) is 5.56 Å². The van der Waals surface area contributed by atoms with Crippen LogP contribution in [0.5, 0.6) is 0 Å². The summed E-state index contributed by atoms with van der Waals surface area (Å²) < 4.78 is 13.5. The van der Waals surface area contributed by atoms with Gasteiger partial charge in [0.05, 0.1) is 11.3 Å². The van der Waals surface area contributed by atoms with Crippen LogP contribution in [0.2, 0.25) is 0 Å². The minimum Gasteiger partial charge on any atom is -0.364 e. The number of amides is 1. The molecule has 0 spiro atoms. The molecule has 0 radical (unpaired) electrons. The number of thiocarbonyl (C=S) groups is 1. The van der Waals surface area contributed by atoms with Gasteiger partial charge in [-0.1, -0.05) is 36.1 Å². The summed E-state index contributed by atoms with van der Waals surface area (Å²) in [6.45, 7) is 3.68. The Balaban J connectivity index is 2.56. The maximum Gasteiger partial charge on any atom is 0.233 e. The Morgan fingerprint density at radius 2 is 1.85 bits per heavy atom. The van der Waals surface area contributed by atoms with Gasteiger partial charge in [-0.05, 0) is 31.5 Å². The average Bonchev–Trinajstić information content (AvgIpc) is 2.38. The Bertz CT molecular complexity index is 477. The third-order valence-electron chi connectivity index (χ3n) is 2.74. The van der Waals surface area contributed by atoms with Crippen molar-refractivity contribution in [1.82, 2.24) is 10.2 Å². The number of hydrogen-bond donors (Lipinski definition) is 1. The van der Waals surface area contributed by atoms with E-state index in [9.17, 15) is 9.18 Å². The fourth-order valence-electron chi connectivity index (χ4n) is 1.48. The maximum absolute atomic E-state index is 12.9. The first-order chi connectivity index (χ1) is 9.31. The fraction of sp³-hybridized carbons (Fsp3) is 0.429. The number of benzene rings is 1. The Hall–Kier alpha value is -1.14. The molecule has 20 heavy (non-hydrogen) atoms. The highest BCUT2D eigenvalue weighted by atomic mass is 32.2. The summed E-state index contributed by atoms with van der Waals surface area (Å²) in [4.78, 5) is 13.9. The molecular formula is C14H19FN2OS2. The monoisotopic (exact) mass is 314 g/mol. The normalized spacial score (nSPS) is 13.4. The second-order valence-electron chi connectivity index (χ2n) is 4.70. The number of nitrogens with one attached hydrogen (secondary N) is 1. The molecule has 2 atom stereocenters. The molecule has 0 fully saturated rings. The first kappa shape index (κ1) is 16.9. The van der Waals surface area contributed by atoms with Crippen LogP contribution in [0.3, 0.4) is 0 Å². The molecule has 110 valence electrons.